The summed E-state index contributed by atoms with van der Waals surface area (Å²) in [5.74, 6) is 0.847. The van der Waals surface area contributed by atoms with Crippen molar-refractivity contribution < 1.29 is 9.53 Å². The van der Waals surface area contributed by atoms with Crippen LogP contribution in [0.4, 0.5) is 0 Å². The van der Waals surface area contributed by atoms with Gasteiger partial charge < -0.3 is 4.74 Å². The number of carbonyl (C=O) groups excluding carboxylic acids is 1. The van der Waals surface area contributed by atoms with E-state index in [1.807, 2.05) is 26.8 Å². The molecule has 0 radical (unpaired) electrons. The number of carbonyl (C=O) groups is 1. The van der Waals surface area contributed by atoms with E-state index in [4.69, 9.17) is 4.74 Å². The fourth-order valence-corrected chi connectivity index (χ4v) is 1.91. The Bertz CT molecular complexity index is 417. The Labute approximate surface area is 96.6 Å². The van der Waals surface area contributed by atoms with E-state index < -0.39 is 0 Å². The van der Waals surface area contributed by atoms with Gasteiger partial charge in [-0.05, 0) is 50.3 Å². The fraction of sp³-hybridized carbons (Fsp3) is 0.500. The average molecular weight is 218 g/mol. The van der Waals surface area contributed by atoms with E-state index in [9.17, 15) is 4.79 Å². The summed E-state index contributed by atoms with van der Waals surface area (Å²) in [6.45, 7) is 6.02. The van der Waals surface area contributed by atoms with Crippen LogP contribution < -0.4 is 4.74 Å². The molecule has 0 saturated heterocycles. The molecule has 1 aliphatic rings. The number of ether oxygens (including phenoxy) is 1. The summed E-state index contributed by atoms with van der Waals surface area (Å²) in [4.78, 5) is 11.8. The van der Waals surface area contributed by atoms with Gasteiger partial charge in [0.1, 0.15) is 5.75 Å². The van der Waals surface area contributed by atoms with Crippen LogP contribution in [-0.4, -0.2) is 5.97 Å². The van der Waals surface area contributed by atoms with Crippen LogP contribution >= 0.6 is 0 Å². The Hall–Kier alpha value is -1.31. The van der Waals surface area contributed by atoms with Gasteiger partial charge in [0, 0.05) is 0 Å². The highest BCUT2D eigenvalue weighted by Crippen LogP contribution is 2.31. The van der Waals surface area contributed by atoms with Crippen LogP contribution in [0.25, 0.3) is 0 Å². The summed E-state index contributed by atoms with van der Waals surface area (Å²) in [6.07, 6.45) is 3.14. The van der Waals surface area contributed by atoms with Gasteiger partial charge in [-0.15, -0.1) is 0 Å². The number of esters is 1. The lowest BCUT2D eigenvalue weighted by Crippen LogP contribution is -2.26. The summed E-state index contributed by atoms with van der Waals surface area (Å²) in [7, 11) is 0. The molecule has 1 aromatic carbocycles. The van der Waals surface area contributed by atoms with E-state index >= 15 is 0 Å². The van der Waals surface area contributed by atoms with Crippen molar-refractivity contribution in [2.24, 2.45) is 5.92 Å². The highest BCUT2D eigenvalue weighted by molar-refractivity contribution is 5.76. The van der Waals surface area contributed by atoms with E-state index in [0.29, 0.717) is 0 Å². The lowest BCUT2D eigenvalue weighted by atomic mass is 9.85. The zero-order valence-electron chi connectivity index (χ0n) is 10.2. The third-order valence-corrected chi connectivity index (χ3v) is 3.51. The molecule has 0 amide bonds. The summed E-state index contributed by atoms with van der Waals surface area (Å²) in [5, 5.41) is 0. The first kappa shape index (κ1) is 11.2. The Balaban J connectivity index is 2.19. The van der Waals surface area contributed by atoms with Crippen molar-refractivity contribution in [3.05, 3.63) is 28.8 Å². The molecule has 0 unspecified atom stereocenters. The maximum absolute atomic E-state index is 11.8. The van der Waals surface area contributed by atoms with Crippen molar-refractivity contribution in [2.75, 3.05) is 0 Å². The van der Waals surface area contributed by atoms with Crippen molar-refractivity contribution in [1.82, 2.24) is 0 Å². The highest BCUT2D eigenvalue weighted by atomic mass is 16.5. The van der Waals surface area contributed by atoms with Gasteiger partial charge >= 0.3 is 5.97 Å². The molecule has 1 aliphatic carbocycles. The first-order valence-corrected chi connectivity index (χ1v) is 5.88. The largest absolute Gasteiger partial charge is 0.426 e. The molecule has 2 nitrogen and oxygen atoms in total. The molecule has 1 saturated carbocycles. The topological polar surface area (TPSA) is 26.3 Å². The van der Waals surface area contributed by atoms with Crippen LogP contribution in [0.2, 0.25) is 0 Å². The molecule has 0 aromatic heterocycles. The van der Waals surface area contributed by atoms with E-state index in [0.717, 1.165) is 36.1 Å². The first-order valence-electron chi connectivity index (χ1n) is 5.88. The Morgan fingerprint density at radius 1 is 1.19 bits per heavy atom. The first-order chi connectivity index (χ1) is 7.59. The molecular weight excluding hydrogens is 200 g/mol. The molecule has 16 heavy (non-hydrogen) atoms. The molecule has 0 spiro atoms. The van der Waals surface area contributed by atoms with Gasteiger partial charge in [0.2, 0.25) is 0 Å². The van der Waals surface area contributed by atoms with Crippen molar-refractivity contribution in [3.63, 3.8) is 0 Å². The van der Waals surface area contributed by atoms with Crippen molar-refractivity contribution in [3.8, 4) is 5.75 Å². The molecule has 86 valence electrons. The zero-order valence-corrected chi connectivity index (χ0v) is 10.2. The lowest BCUT2D eigenvalue weighted by Gasteiger charge is -2.24. The number of hydrogen-bond acceptors (Lipinski definition) is 2. The Morgan fingerprint density at radius 2 is 1.81 bits per heavy atom. The van der Waals surface area contributed by atoms with Crippen molar-refractivity contribution in [2.45, 2.75) is 40.0 Å². The fourth-order valence-electron chi connectivity index (χ4n) is 1.91. The molecule has 0 N–H and O–H groups in total. The van der Waals surface area contributed by atoms with Crippen LogP contribution in [0.3, 0.4) is 0 Å². The molecule has 1 fully saturated rings. The lowest BCUT2D eigenvalue weighted by molar-refractivity contribution is -0.141. The van der Waals surface area contributed by atoms with Crippen LogP contribution in [0.5, 0.6) is 5.75 Å². The van der Waals surface area contributed by atoms with Gasteiger partial charge in [-0.1, -0.05) is 18.6 Å². The van der Waals surface area contributed by atoms with Gasteiger partial charge in [-0.25, -0.2) is 0 Å². The van der Waals surface area contributed by atoms with E-state index in [1.54, 1.807) is 0 Å². The number of aryl methyl sites for hydroxylation is 2. The van der Waals surface area contributed by atoms with Crippen molar-refractivity contribution >= 4 is 5.97 Å². The Morgan fingerprint density at radius 3 is 2.38 bits per heavy atom. The second-order valence-corrected chi connectivity index (χ2v) is 4.70. The summed E-state index contributed by atoms with van der Waals surface area (Å²) in [5.41, 5.74) is 3.28. The van der Waals surface area contributed by atoms with E-state index in [-0.39, 0.29) is 11.9 Å². The third-order valence-electron chi connectivity index (χ3n) is 3.51. The average Bonchev–Trinajstić information content (AvgIpc) is 2.16. The minimum Gasteiger partial charge on any atom is -0.426 e. The predicted octanol–water partition coefficient (Wildman–Crippen LogP) is 3.32. The van der Waals surface area contributed by atoms with E-state index in [1.165, 1.54) is 5.56 Å². The van der Waals surface area contributed by atoms with Crippen LogP contribution in [0, 0.1) is 26.7 Å². The van der Waals surface area contributed by atoms with Crippen molar-refractivity contribution in [1.29, 1.82) is 0 Å². The van der Waals surface area contributed by atoms with Crippen LogP contribution in [0.15, 0.2) is 12.1 Å². The molecule has 0 atom stereocenters. The molecule has 2 rings (SSSR count). The molecule has 0 heterocycles. The highest BCUT2D eigenvalue weighted by Gasteiger charge is 2.27. The monoisotopic (exact) mass is 218 g/mol. The maximum atomic E-state index is 11.8. The van der Waals surface area contributed by atoms with Crippen LogP contribution in [0.1, 0.15) is 36.0 Å². The number of hydrogen-bond donors (Lipinski definition) is 0. The third kappa shape index (κ3) is 1.97. The predicted molar refractivity (Wildman–Crippen MR) is 63.6 cm³/mol. The van der Waals surface area contributed by atoms with Crippen LogP contribution in [-0.2, 0) is 4.79 Å². The summed E-state index contributed by atoms with van der Waals surface area (Å²) < 4.78 is 5.52. The number of rotatable bonds is 2. The molecule has 0 bridgehead atoms. The standard InChI is InChI=1S/C14H18O2/c1-9-7-8-10(2)13(11(9)3)16-14(15)12-5-4-6-12/h7-8,12H,4-6H2,1-3H3. The van der Waals surface area contributed by atoms with Gasteiger partial charge in [0.15, 0.2) is 0 Å². The van der Waals surface area contributed by atoms with Gasteiger partial charge in [0.25, 0.3) is 0 Å². The van der Waals surface area contributed by atoms with E-state index in [2.05, 4.69) is 6.07 Å². The van der Waals surface area contributed by atoms with Gasteiger partial charge in [0.05, 0.1) is 5.92 Å². The maximum Gasteiger partial charge on any atom is 0.314 e. The quantitative estimate of drug-likeness (QED) is 0.562. The molecular formula is C14H18O2. The second kappa shape index (κ2) is 4.28. The minimum absolute atomic E-state index is 0.0527. The molecule has 1 aromatic rings. The summed E-state index contributed by atoms with van der Waals surface area (Å²) >= 11 is 0. The minimum atomic E-state index is -0.0527. The summed E-state index contributed by atoms with van der Waals surface area (Å²) in [6, 6.07) is 4.07. The second-order valence-electron chi connectivity index (χ2n) is 4.70. The SMILES string of the molecule is Cc1ccc(C)c(OC(=O)C2CCC2)c1C. The van der Waals surface area contributed by atoms with Gasteiger partial charge in [-0.3, -0.25) is 4.79 Å². The van der Waals surface area contributed by atoms with Gasteiger partial charge in [-0.2, -0.15) is 0 Å². The molecule has 0 aliphatic heterocycles. The number of benzene rings is 1. The molecule has 2 heteroatoms. The Kier molecular flexibility index (Phi) is 2.99. The zero-order chi connectivity index (χ0) is 11.7. The normalized spacial score (nSPS) is 15.7. The smallest absolute Gasteiger partial charge is 0.314 e.